The van der Waals surface area contributed by atoms with Gasteiger partial charge >= 0.3 is 0 Å². The SMILES string of the molecule is Cc1ccc(NC(=O)[C@H]2[C@H](C(=O)Nc3ccc(C)c(C)c3)[C@@H]3C=C[C@@H]2CC3)cc1C. The van der Waals surface area contributed by atoms with Crippen LogP contribution in [0.25, 0.3) is 0 Å². The van der Waals surface area contributed by atoms with Gasteiger partial charge < -0.3 is 10.6 Å². The van der Waals surface area contributed by atoms with Crippen LogP contribution in [-0.2, 0) is 9.59 Å². The number of hydrogen-bond donors (Lipinski definition) is 2. The van der Waals surface area contributed by atoms with E-state index in [1.54, 1.807) is 0 Å². The minimum absolute atomic E-state index is 0.0578. The molecule has 156 valence electrons. The molecule has 5 rings (SSSR count). The second kappa shape index (κ2) is 8.10. The number of anilines is 2. The summed E-state index contributed by atoms with van der Waals surface area (Å²) in [5, 5.41) is 6.15. The molecule has 0 heterocycles. The highest BCUT2D eigenvalue weighted by molar-refractivity contribution is 6.00. The predicted octanol–water partition coefficient (Wildman–Crippen LogP) is 5.33. The molecule has 4 atom stereocenters. The van der Waals surface area contributed by atoms with Crippen molar-refractivity contribution in [1.29, 1.82) is 0 Å². The number of aryl methyl sites for hydroxylation is 4. The Balaban J connectivity index is 1.56. The number of fused-ring (bicyclic) bond motifs is 2. The standard InChI is InChI=1S/C26H30N2O2/c1-15-5-11-21(13-17(15)3)27-25(29)23-19-7-9-20(10-8-19)24(23)26(30)28-22-12-6-16(2)18(4)14-22/h5-7,9,11-14,19-20,23-24H,8,10H2,1-4H3,(H,27,29)(H,28,30)/t19-,20-,23-,24-/m1/s1. The van der Waals surface area contributed by atoms with Crippen molar-refractivity contribution in [1.82, 2.24) is 0 Å². The van der Waals surface area contributed by atoms with Gasteiger partial charge in [0.15, 0.2) is 0 Å². The number of nitrogens with one attached hydrogen (secondary N) is 2. The zero-order valence-corrected chi connectivity index (χ0v) is 18.2. The molecule has 30 heavy (non-hydrogen) atoms. The van der Waals surface area contributed by atoms with Gasteiger partial charge in [-0.05, 0) is 98.9 Å². The molecule has 0 saturated heterocycles. The van der Waals surface area contributed by atoms with Crippen molar-refractivity contribution in [2.24, 2.45) is 23.7 Å². The van der Waals surface area contributed by atoms with Crippen LogP contribution in [0.15, 0.2) is 48.6 Å². The van der Waals surface area contributed by atoms with Crippen LogP contribution in [0, 0.1) is 51.4 Å². The fourth-order valence-electron chi connectivity index (χ4n) is 4.80. The molecule has 1 fully saturated rings. The van der Waals surface area contributed by atoms with Gasteiger partial charge in [0.05, 0.1) is 11.8 Å². The monoisotopic (exact) mass is 402 g/mol. The number of carbonyl (C=O) groups is 2. The van der Waals surface area contributed by atoms with E-state index in [4.69, 9.17) is 0 Å². The van der Waals surface area contributed by atoms with Gasteiger partial charge in [-0.25, -0.2) is 0 Å². The van der Waals surface area contributed by atoms with E-state index in [0.717, 1.165) is 35.3 Å². The summed E-state index contributed by atoms with van der Waals surface area (Å²) in [5.41, 5.74) is 6.25. The fourth-order valence-corrected chi connectivity index (χ4v) is 4.80. The Kier molecular flexibility index (Phi) is 5.50. The van der Waals surface area contributed by atoms with Gasteiger partial charge in [0.1, 0.15) is 0 Å². The number of hydrogen-bond acceptors (Lipinski definition) is 2. The smallest absolute Gasteiger partial charge is 0.228 e. The molecule has 3 aliphatic carbocycles. The zero-order valence-electron chi connectivity index (χ0n) is 18.2. The molecular formula is C26H30N2O2. The van der Waals surface area contributed by atoms with Crippen LogP contribution in [0.3, 0.4) is 0 Å². The first-order valence-corrected chi connectivity index (χ1v) is 10.8. The summed E-state index contributed by atoms with van der Waals surface area (Å²) in [7, 11) is 0. The first-order valence-electron chi connectivity index (χ1n) is 10.8. The third-order valence-electron chi connectivity index (χ3n) is 6.90. The fraction of sp³-hybridized carbons (Fsp3) is 0.385. The molecule has 2 aromatic rings. The molecule has 2 bridgehead atoms. The molecule has 2 N–H and O–H groups in total. The lowest BCUT2D eigenvalue weighted by molar-refractivity contribution is -0.134. The predicted molar refractivity (Wildman–Crippen MR) is 121 cm³/mol. The van der Waals surface area contributed by atoms with E-state index >= 15 is 0 Å². The molecule has 0 unspecified atom stereocenters. The lowest BCUT2D eigenvalue weighted by atomic mass is 9.61. The highest BCUT2D eigenvalue weighted by atomic mass is 16.2. The summed E-state index contributed by atoms with van der Waals surface area (Å²) in [4.78, 5) is 26.6. The van der Waals surface area contributed by atoms with Crippen LogP contribution in [0.5, 0.6) is 0 Å². The van der Waals surface area contributed by atoms with Crippen molar-refractivity contribution in [3.8, 4) is 0 Å². The van der Waals surface area contributed by atoms with E-state index < -0.39 is 0 Å². The quantitative estimate of drug-likeness (QED) is 0.680. The number of rotatable bonds is 4. The van der Waals surface area contributed by atoms with Crippen LogP contribution >= 0.6 is 0 Å². The molecule has 1 saturated carbocycles. The summed E-state index contributed by atoms with van der Waals surface area (Å²) >= 11 is 0. The van der Waals surface area contributed by atoms with Crippen molar-refractivity contribution in [3.05, 3.63) is 70.8 Å². The van der Waals surface area contributed by atoms with Gasteiger partial charge in [-0.15, -0.1) is 0 Å². The minimum Gasteiger partial charge on any atom is -0.326 e. The van der Waals surface area contributed by atoms with E-state index in [-0.39, 0.29) is 35.5 Å². The molecule has 2 amide bonds. The van der Waals surface area contributed by atoms with Crippen LogP contribution in [0.1, 0.15) is 35.1 Å². The Bertz CT molecular complexity index is 942. The van der Waals surface area contributed by atoms with Crippen molar-refractivity contribution in [2.45, 2.75) is 40.5 Å². The summed E-state index contributed by atoms with van der Waals surface area (Å²) in [6.45, 7) is 8.18. The van der Waals surface area contributed by atoms with Crippen LogP contribution in [0.4, 0.5) is 11.4 Å². The van der Waals surface area contributed by atoms with E-state index in [0.29, 0.717) is 0 Å². The van der Waals surface area contributed by atoms with Crippen LogP contribution in [0.2, 0.25) is 0 Å². The number of amides is 2. The molecule has 2 aromatic carbocycles. The third kappa shape index (κ3) is 3.91. The average Bonchev–Trinajstić information content (AvgIpc) is 2.73. The second-order valence-electron chi connectivity index (χ2n) is 8.92. The molecule has 4 heteroatoms. The van der Waals surface area contributed by atoms with E-state index in [2.05, 4.69) is 36.6 Å². The van der Waals surface area contributed by atoms with Crippen molar-refractivity contribution < 1.29 is 9.59 Å². The number of benzene rings is 2. The minimum atomic E-state index is -0.345. The second-order valence-corrected chi connectivity index (χ2v) is 8.92. The van der Waals surface area contributed by atoms with E-state index in [1.165, 1.54) is 11.1 Å². The Labute approximate surface area is 178 Å². The summed E-state index contributed by atoms with van der Waals surface area (Å²) in [6, 6.07) is 11.9. The molecule has 0 radical (unpaired) electrons. The van der Waals surface area contributed by atoms with Gasteiger partial charge in [0.2, 0.25) is 11.8 Å². The zero-order chi connectivity index (χ0) is 21.4. The number of allylic oxidation sites excluding steroid dienone is 2. The maximum Gasteiger partial charge on any atom is 0.228 e. The van der Waals surface area contributed by atoms with Crippen molar-refractivity contribution in [2.75, 3.05) is 10.6 Å². The molecular weight excluding hydrogens is 372 g/mol. The van der Waals surface area contributed by atoms with Crippen molar-refractivity contribution >= 4 is 23.2 Å². The molecule has 0 aromatic heterocycles. The lowest BCUT2D eigenvalue weighted by Gasteiger charge is -2.43. The molecule has 4 nitrogen and oxygen atoms in total. The Morgan fingerprint density at radius 1 is 0.667 bits per heavy atom. The number of carbonyl (C=O) groups excluding carboxylic acids is 2. The van der Waals surface area contributed by atoms with E-state index in [1.807, 2.05) is 50.2 Å². The maximum atomic E-state index is 13.3. The summed E-state index contributed by atoms with van der Waals surface area (Å²) in [6.07, 6.45) is 6.19. The van der Waals surface area contributed by atoms with Gasteiger partial charge in [-0.2, -0.15) is 0 Å². The summed E-state index contributed by atoms with van der Waals surface area (Å²) in [5.74, 6) is -0.590. The lowest BCUT2D eigenvalue weighted by Crippen LogP contribution is -2.48. The Morgan fingerprint density at radius 3 is 1.40 bits per heavy atom. The third-order valence-corrected chi connectivity index (χ3v) is 6.90. The normalized spacial score (nSPS) is 24.5. The molecule has 0 aliphatic heterocycles. The van der Waals surface area contributed by atoms with Gasteiger partial charge in [0, 0.05) is 11.4 Å². The van der Waals surface area contributed by atoms with Crippen LogP contribution in [-0.4, -0.2) is 11.8 Å². The highest BCUT2D eigenvalue weighted by Gasteiger charge is 2.48. The van der Waals surface area contributed by atoms with Crippen LogP contribution < -0.4 is 10.6 Å². The largest absolute Gasteiger partial charge is 0.326 e. The Hall–Kier alpha value is -2.88. The van der Waals surface area contributed by atoms with Gasteiger partial charge in [0.25, 0.3) is 0 Å². The molecule has 0 spiro atoms. The van der Waals surface area contributed by atoms with E-state index in [9.17, 15) is 9.59 Å². The maximum absolute atomic E-state index is 13.3. The first kappa shape index (κ1) is 20.4. The Morgan fingerprint density at radius 2 is 1.07 bits per heavy atom. The molecule has 3 aliphatic rings. The average molecular weight is 403 g/mol. The van der Waals surface area contributed by atoms with Gasteiger partial charge in [-0.3, -0.25) is 9.59 Å². The van der Waals surface area contributed by atoms with Gasteiger partial charge in [-0.1, -0.05) is 24.3 Å². The topological polar surface area (TPSA) is 58.2 Å². The van der Waals surface area contributed by atoms with Crippen molar-refractivity contribution in [3.63, 3.8) is 0 Å². The summed E-state index contributed by atoms with van der Waals surface area (Å²) < 4.78 is 0. The highest BCUT2D eigenvalue weighted by Crippen LogP contribution is 2.45. The first-order chi connectivity index (χ1) is 14.3.